The Bertz CT molecular complexity index is 321. The Balaban J connectivity index is 2.38. The molecule has 1 heterocycles. The Morgan fingerprint density at radius 3 is 1.79 bits per heavy atom. The predicted octanol–water partition coefficient (Wildman–Crippen LogP) is 1.63. The molecule has 3 heteroatoms. The van der Waals surface area contributed by atoms with Crippen LogP contribution in [0.5, 0.6) is 0 Å². The molecule has 1 aliphatic carbocycles. The third-order valence-electron chi connectivity index (χ3n) is 2.81. The van der Waals surface area contributed by atoms with Gasteiger partial charge in [0.15, 0.2) is 0 Å². The van der Waals surface area contributed by atoms with E-state index in [4.69, 9.17) is 0 Å². The lowest BCUT2D eigenvalue weighted by atomic mass is 10.1. The average molecular weight is 193 g/mol. The Morgan fingerprint density at radius 2 is 1.43 bits per heavy atom. The maximum absolute atomic E-state index is 11.9. The van der Waals surface area contributed by atoms with Gasteiger partial charge in [0, 0.05) is 16.7 Å². The van der Waals surface area contributed by atoms with Gasteiger partial charge in [-0.25, -0.2) is 0 Å². The summed E-state index contributed by atoms with van der Waals surface area (Å²) >= 11 is 0. The second-order valence-electron chi connectivity index (χ2n) is 4.93. The number of nitrogens with zero attached hydrogens (tertiary/aromatic N) is 1. The number of hydrogen-bond acceptors (Lipinski definition) is 2. The second-order valence-corrected chi connectivity index (χ2v) is 4.93. The standard InChI is InChI=1S/C11H15NO2/c1-11(2,3)12-9(13)7-5-4-6-8(7)10(12)14/h4-6H2,1-3H3. The van der Waals surface area contributed by atoms with Gasteiger partial charge >= 0.3 is 0 Å². The molecule has 0 radical (unpaired) electrons. The fourth-order valence-electron chi connectivity index (χ4n) is 2.19. The van der Waals surface area contributed by atoms with E-state index in [-0.39, 0.29) is 11.8 Å². The van der Waals surface area contributed by atoms with Gasteiger partial charge in [-0.05, 0) is 40.0 Å². The van der Waals surface area contributed by atoms with Crippen LogP contribution in [0.3, 0.4) is 0 Å². The Labute approximate surface area is 83.8 Å². The molecule has 0 fully saturated rings. The Morgan fingerprint density at radius 1 is 1.00 bits per heavy atom. The zero-order valence-electron chi connectivity index (χ0n) is 8.89. The van der Waals surface area contributed by atoms with Crippen LogP contribution in [-0.2, 0) is 9.59 Å². The molecule has 0 spiro atoms. The van der Waals surface area contributed by atoms with Crippen LogP contribution < -0.4 is 0 Å². The molecule has 0 aromatic rings. The molecule has 0 unspecified atom stereocenters. The fraction of sp³-hybridized carbons (Fsp3) is 0.636. The third-order valence-corrected chi connectivity index (χ3v) is 2.81. The number of hydrogen-bond donors (Lipinski definition) is 0. The number of imide groups is 1. The van der Waals surface area contributed by atoms with Crippen molar-refractivity contribution in [2.45, 2.75) is 45.6 Å². The van der Waals surface area contributed by atoms with E-state index in [1.165, 1.54) is 4.90 Å². The summed E-state index contributed by atoms with van der Waals surface area (Å²) in [6.07, 6.45) is 2.53. The van der Waals surface area contributed by atoms with Crippen molar-refractivity contribution in [3.63, 3.8) is 0 Å². The van der Waals surface area contributed by atoms with Crippen LogP contribution in [0, 0.1) is 0 Å². The van der Waals surface area contributed by atoms with Crippen molar-refractivity contribution in [1.29, 1.82) is 0 Å². The van der Waals surface area contributed by atoms with Crippen LogP contribution in [0.25, 0.3) is 0 Å². The van der Waals surface area contributed by atoms with E-state index in [1.54, 1.807) is 0 Å². The molecule has 0 aromatic carbocycles. The topological polar surface area (TPSA) is 37.4 Å². The summed E-state index contributed by atoms with van der Waals surface area (Å²) < 4.78 is 0. The van der Waals surface area contributed by atoms with Crippen LogP contribution in [0.15, 0.2) is 11.1 Å². The van der Waals surface area contributed by atoms with Gasteiger partial charge in [-0.3, -0.25) is 14.5 Å². The zero-order chi connectivity index (χ0) is 10.5. The van der Waals surface area contributed by atoms with Gasteiger partial charge in [0.25, 0.3) is 11.8 Å². The van der Waals surface area contributed by atoms with Crippen molar-refractivity contribution in [3.05, 3.63) is 11.1 Å². The summed E-state index contributed by atoms with van der Waals surface area (Å²) in [4.78, 5) is 25.2. The first-order chi connectivity index (χ1) is 6.43. The van der Waals surface area contributed by atoms with Crippen molar-refractivity contribution in [2.75, 3.05) is 0 Å². The summed E-state index contributed by atoms with van der Waals surface area (Å²) in [5, 5.41) is 0. The first-order valence-electron chi connectivity index (χ1n) is 5.04. The molecular weight excluding hydrogens is 178 g/mol. The van der Waals surface area contributed by atoms with Gasteiger partial charge in [-0.1, -0.05) is 0 Å². The lowest BCUT2D eigenvalue weighted by Gasteiger charge is -2.30. The predicted molar refractivity (Wildman–Crippen MR) is 52.5 cm³/mol. The van der Waals surface area contributed by atoms with Crippen molar-refractivity contribution in [3.8, 4) is 0 Å². The molecule has 0 atom stereocenters. The second kappa shape index (κ2) is 2.69. The molecule has 0 bridgehead atoms. The minimum Gasteiger partial charge on any atom is -0.270 e. The largest absolute Gasteiger partial charge is 0.270 e. The van der Waals surface area contributed by atoms with Crippen LogP contribution >= 0.6 is 0 Å². The van der Waals surface area contributed by atoms with E-state index in [9.17, 15) is 9.59 Å². The molecule has 2 amide bonds. The smallest absolute Gasteiger partial charge is 0.257 e. The lowest BCUT2D eigenvalue weighted by molar-refractivity contribution is -0.143. The Kier molecular flexibility index (Phi) is 1.81. The van der Waals surface area contributed by atoms with Gasteiger partial charge in [-0.15, -0.1) is 0 Å². The van der Waals surface area contributed by atoms with E-state index in [0.29, 0.717) is 0 Å². The summed E-state index contributed by atoms with van der Waals surface area (Å²) in [6.45, 7) is 5.68. The first-order valence-corrected chi connectivity index (χ1v) is 5.04. The molecule has 1 aliphatic heterocycles. The van der Waals surface area contributed by atoms with Gasteiger partial charge < -0.3 is 0 Å². The quantitative estimate of drug-likeness (QED) is 0.548. The zero-order valence-corrected chi connectivity index (χ0v) is 8.89. The fourth-order valence-corrected chi connectivity index (χ4v) is 2.19. The SMILES string of the molecule is CC(C)(C)N1C(=O)C2=C(CCC2)C1=O. The van der Waals surface area contributed by atoms with Crippen LogP contribution in [0.2, 0.25) is 0 Å². The van der Waals surface area contributed by atoms with Gasteiger partial charge in [0.1, 0.15) is 0 Å². The number of likely N-dealkylation sites (tertiary alicyclic amines) is 1. The molecule has 76 valence electrons. The summed E-state index contributed by atoms with van der Waals surface area (Å²) in [5.41, 5.74) is 1.15. The minimum absolute atomic E-state index is 0.0602. The van der Waals surface area contributed by atoms with Crippen molar-refractivity contribution in [2.24, 2.45) is 0 Å². The highest BCUT2D eigenvalue weighted by Crippen LogP contribution is 2.37. The lowest BCUT2D eigenvalue weighted by Crippen LogP contribution is -2.46. The van der Waals surface area contributed by atoms with Crippen molar-refractivity contribution in [1.82, 2.24) is 4.90 Å². The molecule has 0 saturated carbocycles. The molecule has 2 rings (SSSR count). The van der Waals surface area contributed by atoms with Gasteiger partial charge in [-0.2, -0.15) is 0 Å². The molecule has 3 nitrogen and oxygen atoms in total. The molecule has 14 heavy (non-hydrogen) atoms. The third kappa shape index (κ3) is 1.11. The monoisotopic (exact) mass is 193 g/mol. The summed E-state index contributed by atoms with van der Waals surface area (Å²) in [5.74, 6) is -0.120. The number of amides is 2. The van der Waals surface area contributed by atoms with Gasteiger partial charge in [0.2, 0.25) is 0 Å². The van der Waals surface area contributed by atoms with E-state index in [1.807, 2.05) is 20.8 Å². The van der Waals surface area contributed by atoms with Crippen molar-refractivity contribution >= 4 is 11.8 Å². The molecule has 0 aromatic heterocycles. The highest BCUT2D eigenvalue weighted by molar-refractivity contribution is 6.20. The number of carbonyl (C=O) groups excluding carboxylic acids is 2. The number of carbonyl (C=O) groups is 2. The average Bonchev–Trinajstić information content (AvgIpc) is 2.54. The highest BCUT2D eigenvalue weighted by atomic mass is 16.2. The van der Waals surface area contributed by atoms with E-state index in [0.717, 1.165) is 30.4 Å². The van der Waals surface area contributed by atoms with E-state index >= 15 is 0 Å². The van der Waals surface area contributed by atoms with Crippen LogP contribution in [-0.4, -0.2) is 22.3 Å². The minimum atomic E-state index is -0.390. The van der Waals surface area contributed by atoms with Crippen molar-refractivity contribution < 1.29 is 9.59 Å². The van der Waals surface area contributed by atoms with Gasteiger partial charge in [0.05, 0.1) is 0 Å². The van der Waals surface area contributed by atoms with E-state index in [2.05, 4.69) is 0 Å². The molecular formula is C11H15NO2. The maximum Gasteiger partial charge on any atom is 0.257 e. The first kappa shape index (κ1) is 9.44. The highest BCUT2D eigenvalue weighted by Gasteiger charge is 2.44. The normalized spacial score (nSPS) is 22.4. The molecule has 0 saturated heterocycles. The van der Waals surface area contributed by atoms with E-state index < -0.39 is 5.54 Å². The maximum atomic E-state index is 11.9. The Hall–Kier alpha value is -1.12. The molecule has 0 N–H and O–H groups in total. The molecule has 2 aliphatic rings. The number of rotatable bonds is 0. The van der Waals surface area contributed by atoms with Crippen LogP contribution in [0.4, 0.5) is 0 Å². The summed E-state index contributed by atoms with van der Waals surface area (Å²) in [6, 6.07) is 0. The van der Waals surface area contributed by atoms with Crippen LogP contribution in [0.1, 0.15) is 40.0 Å². The summed E-state index contributed by atoms with van der Waals surface area (Å²) in [7, 11) is 0.